The van der Waals surface area contributed by atoms with Crippen molar-refractivity contribution in [2.75, 3.05) is 13.7 Å². The number of hydrogen-bond acceptors (Lipinski definition) is 7. The largest absolute Gasteiger partial charge is 0.493 e. The first-order valence-corrected chi connectivity index (χ1v) is 9.61. The fourth-order valence-electron chi connectivity index (χ4n) is 2.95. The van der Waals surface area contributed by atoms with E-state index in [0.717, 1.165) is 10.8 Å². The summed E-state index contributed by atoms with van der Waals surface area (Å²) in [5.41, 5.74) is 1.98. The number of aromatic nitrogens is 2. The Kier molecular flexibility index (Phi) is 6.46. The number of carbonyl (C=O) groups excluding carboxylic acids is 2. The van der Waals surface area contributed by atoms with Gasteiger partial charge in [0, 0.05) is 28.5 Å². The van der Waals surface area contributed by atoms with E-state index in [4.69, 9.17) is 9.47 Å². The molecule has 158 valence electrons. The van der Waals surface area contributed by atoms with E-state index in [1.165, 1.54) is 36.6 Å². The molecule has 0 amide bonds. The van der Waals surface area contributed by atoms with Crippen LogP contribution in [0, 0.1) is 13.8 Å². The molecule has 0 unspecified atom stereocenters. The molecule has 0 atom stereocenters. The molecule has 3 aromatic rings. The van der Waals surface area contributed by atoms with Gasteiger partial charge in [0.15, 0.2) is 23.2 Å². The molecule has 0 bridgehead atoms. The minimum atomic E-state index is -3.03. The standard InChI is InChI=1S/C20H18F2N2O5S/c1-11-8-14(12(2)24(11)20-23-6-7-30-20)15(25)10-28-18(26)13-4-5-16(29-19(21)22)17(9-13)27-3/h4-9,19H,10H2,1-3H3. The van der Waals surface area contributed by atoms with Crippen molar-refractivity contribution in [3.8, 4) is 16.6 Å². The molecular formula is C20H18F2N2O5S. The third-order valence-corrected chi connectivity index (χ3v) is 5.05. The first-order valence-electron chi connectivity index (χ1n) is 8.73. The SMILES string of the molecule is COc1cc(C(=O)OCC(=O)c2cc(C)n(-c3nccs3)c2C)ccc1OC(F)F. The maximum absolute atomic E-state index is 12.6. The number of aryl methyl sites for hydroxylation is 1. The van der Waals surface area contributed by atoms with Gasteiger partial charge in [0.1, 0.15) is 0 Å². The summed E-state index contributed by atoms with van der Waals surface area (Å²) in [6.45, 7) is 0.138. The first-order chi connectivity index (χ1) is 14.3. The fraction of sp³-hybridized carbons (Fsp3) is 0.250. The summed E-state index contributed by atoms with van der Waals surface area (Å²) in [5.74, 6) is -1.43. The van der Waals surface area contributed by atoms with E-state index < -0.39 is 19.2 Å². The predicted octanol–water partition coefficient (Wildman–Crippen LogP) is 4.20. The summed E-state index contributed by atoms with van der Waals surface area (Å²) in [6.07, 6.45) is 1.67. The molecule has 0 saturated carbocycles. The topological polar surface area (TPSA) is 79.7 Å². The van der Waals surface area contributed by atoms with E-state index in [1.807, 2.05) is 16.9 Å². The van der Waals surface area contributed by atoms with Crippen LogP contribution in [0.25, 0.3) is 5.13 Å². The molecule has 0 spiro atoms. The molecule has 2 heterocycles. The molecule has 0 radical (unpaired) electrons. The lowest BCUT2D eigenvalue weighted by atomic mass is 10.1. The highest BCUT2D eigenvalue weighted by molar-refractivity contribution is 7.12. The lowest BCUT2D eigenvalue weighted by Gasteiger charge is -2.11. The van der Waals surface area contributed by atoms with Gasteiger partial charge in [-0.05, 0) is 38.1 Å². The summed E-state index contributed by atoms with van der Waals surface area (Å²) in [4.78, 5) is 29.1. The van der Waals surface area contributed by atoms with Crippen LogP contribution in [0.1, 0.15) is 32.1 Å². The summed E-state index contributed by atoms with van der Waals surface area (Å²) in [5, 5.41) is 2.57. The summed E-state index contributed by atoms with van der Waals surface area (Å²) >= 11 is 1.44. The molecule has 0 aliphatic heterocycles. The van der Waals surface area contributed by atoms with Gasteiger partial charge in [-0.2, -0.15) is 8.78 Å². The Morgan fingerprint density at radius 2 is 1.97 bits per heavy atom. The number of esters is 1. The second kappa shape index (κ2) is 9.04. The van der Waals surface area contributed by atoms with Gasteiger partial charge >= 0.3 is 12.6 Å². The smallest absolute Gasteiger partial charge is 0.387 e. The van der Waals surface area contributed by atoms with Gasteiger partial charge in [-0.1, -0.05) is 0 Å². The second-order valence-corrected chi connectivity index (χ2v) is 7.05. The van der Waals surface area contributed by atoms with Crippen molar-refractivity contribution in [2.45, 2.75) is 20.5 Å². The van der Waals surface area contributed by atoms with Crippen molar-refractivity contribution in [2.24, 2.45) is 0 Å². The molecule has 3 rings (SSSR count). The van der Waals surface area contributed by atoms with E-state index in [0.29, 0.717) is 11.3 Å². The van der Waals surface area contributed by atoms with Crippen LogP contribution >= 0.6 is 11.3 Å². The minimum Gasteiger partial charge on any atom is -0.493 e. The number of benzene rings is 1. The maximum Gasteiger partial charge on any atom is 0.387 e. The normalized spacial score (nSPS) is 10.9. The number of Topliss-reactive ketones (excluding diaryl/α,β-unsaturated/α-hetero) is 1. The molecule has 0 fully saturated rings. The molecule has 7 nitrogen and oxygen atoms in total. The van der Waals surface area contributed by atoms with Crippen molar-refractivity contribution in [3.63, 3.8) is 0 Å². The molecule has 1 aromatic carbocycles. The summed E-state index contributed by atoms with van der Waals surface area (Å²) < 4.78 is 41.0. The number of halogens is 2. The number of carbonyl (C=O) groups is 2. The molecule has 0 saturated heterocycles. The van der Waals surface area contributed by atoms with Crippen LogP contribution in [0.4, 0.5) is 8.78 Å². The number of rotatable bonds is 8. The van der Waals surface area contributed by atoms with Crippen LogP contribution in [0.2, 0.25) is 0 Å². The van der Waals surface area contributed by atoms with Gasteiger partial charge in [-0.15, -0.1) is 11.3 Å². The number of ketones is 1. The van der Waals surface area contributed by atoms with Gasteiger partial charge in [-0.3, -0.25) is 9.36 Å². The van der Waals surface area contributed by atoms with E-state index in [-0.39, 0.29) is 22.8 Å². The first kappa shape index (κ1) is 21.4. The highest BCUT2D eigenvalue weighted by Gasteiger charge is 2.20. The predicted molar refractivity (Wildman–Crippen MR) is 105 cm³/mol. The van der Waals surface area contributed by atoms with E-state index in [1.54, 1.807) is 19.2 Å². The average molecular weight is 436 g/mol. The lowest BCUT2D eigenvalue weighted by molar-refractivity contribution is -0.0512. The molecule has 10 heteroatoms. The third-order valence-electron chi connectivity index (χ3n) is 4.29. The molecule has 0 aliphatic rings. The van der Waals surface area contributed by atoms with Gasteiger partial charge in [-0.25, -0.2) is 9.78 Å². The third kappa shape index (κ3) is 4.48. The zero-order valence-electron chi connectivity index (χ0n) is 16.3. The molecule has 0 N–H and O–H groups in total. The van der Waals surface area contributed by atoms with Crippen molar-refractivity contribution >= 4 is 23.1 Å². The molecular weight excluding hydrogens is 418 g/mol. The van der Waals surface area contributed by atoms with E-state index >= 15 is 0 Å². The summed E-state index contributed by atoms with van der Waals surface area (Å²) in [6, 6.07) is 5.34. The minimum absolute atomic E-state index is 0.0366. The van der Waals surface area contributed by atoms with Gasteiger partial charge in [0.05, 0.1) is 12.7 Å². The van der Waals surface area contributed by atoms with Gasteiger partial charge < -0.3 is 14.2 Å². The van der Waals surface area contributed by atoms with Crippen LogP contribution in [-0.2, 0) is 4.74 Å². The Morgan fingerprint density at radius 1 is 1.20 bits per heavy atom. The van der Waals surface area contributed by atoms with Crippen LogP contribution in [0.5, 0.6) is 11.5 Å². The molecule has 0 aliphatic carbocycles. The Balaban J connectivity index is 1.71. The quantitative estimate of drug-likeness (QED) is 0.389. The highest BCUT2D eigenvalue weighted by atomic mass is 32.1. The number of ether oxygens (including phenoxy) is 3. The van der Waals surface area contributed by atoms with Gasteiger partial charge in [0.2, 0.25) is 5.78 Å². The van der Waals surface area contributed by atoms with Crippen LogP contribution in [0.3, 0.4) is 0 Å². The number of thiazole rings is 1. The zero-order valence-corrected chi connectivity index (χ0v) is 17.2. The zero-order chi connectivity index (χ0) is 21.8. The molecule has 2 aromatic heterocycles. The molecule has 30 heavy (non-hydrogen) atoms. The van der Waals surface area contributed by atoms with E-state index in [9.17, 15) is 18.4 Å². The lowest BCUT2D eigenvalue weighted by Crippen LogP contribution is -2.15. The Hall–Kier alpha value is -3.27. The Labute approximate surface area is 174 Å². The van der Waals surface area contributed by atoms with Crippen molar-refractivity contribution in [3.05, 3.63) is 58.4 Å². The highest BCUT2D eigenvalue weighted by Crippen LogP contribution is 2.30. The van der Waals surface area contributed by atoms with Gasteiger partial charge in [0.25, 0.3) is 0 Å². The average Bonchev–Trinajstić information content (AvgIpc) is 3.33. The van der Waals surface area contributed by atoms with Crippen LogP contribution < -0.4 is 9.47 Å². The number of alkyl halides is 2. The number of hydrogen-bond donors (Lipinski definition) is 0. The van der Waals surface area contributed by atoms with E-state index in [2.05, 4.69) is 9.72 Å². The van der Waals surface area contributed by atoms with Crippen molar-refractivity contribution in [1.82, 2.24) is 9.55 Å². The Bertz CT molecular complexity index is 1060. The van der Waals surface area contributed by atoms with Crippen LogP contribution in [-0.4, -0.2) is 41.6 Å². The second-order valence-electron chi connectivity index (χ2n) is 6.18. The fourth-order valence-corrected chi connectivity index (χ4v) is 3.70. The number of nitrogens with zero attached hydrogens (tertiary/aromatic N) is 2. The summed E-state index contributed by atoms with van der Waals surface area (Å²) in [7, 11) is 1.25. The Morgan fingerprint density at radius 3 is 2.60 bits per heavy atom. The monoisotopic (exact) mass is 436 g/mol. The van der Waals surface area contributed by atoms with Crippen molar-refractivity contribution in [1.29, 1.82) is 0 Å². The maximum atomic E-state index is 12.6. The van der Waals surface area contributed by atoms with Crippen LogP contribution in [0.15, 0.2) is 35.8 Å². The van der Waals surface area contributed by atoms with Crippen molar-refractivity contribution < 1.29 is 32.6 Å². The number of methoxy groups -OCH3 is 1.